The minimum atomic E-state index is -0.302. The number of ether oxygens (including phenoxy) is 1. The van der Waals surface area contributed by atoms with Crippen LogP contribution in [0.1, 0.15) is 11.5 Å². The number of carbonyl (C=O) groups is 1. The van der Waals surface area contributed by atoms with Gasteiger partial charge in [-0.25, -0.2) is 4.39 Å². The molecule has 1 aliphatic rings. The van der Waals surface area contributed by atoms with Crippen molar-refractivity contribution in [2.45, 2.75) is 5.92 Å². The summed E-state index contributed by atoms with van der Waals surface area (Å²) in [7, 11) is 3.29. The van der Waals surface area contributed by atoms with Crippen molar-refractivity contribution in [3.8, 4) is 0 Å². The number of hydrogen-bond acceptors (Lipinski definition) is 3. The van der Waals surface area contributed by atoms with E-state index in [0.717, 1.165) is 4.47 Å². The van der Waals surface area contributed by atoms with E-state index in [0.29, 0.717) is 18.7 Å². The molecular weight excluding hydrogens is 301 g/mol. The van der Waals surface area contributed by atoms with Gasteiger partial charge < -0.3 is 9.64 Å². The molecule has 1 aliphatic heterocycles. The summed E-state index contributed by atoms with van der Waals surface area (Å²) in [6.07, 6.45) is 0. The predicted octanol–water partition coefficient (Wildman–Crippen LogP) is 2.41. The van der Waals surface area contributed by atoms with Crippen LogP contribution >= 0.6 is 15.9 Å². The minimum absolute atomic E-state index is 0.153. The molecule has 2 unspecified atom stereocenters. The Morgan fingerprint density at radius 3 is 2.89 bits per heavy atom. The molecule has 98 valence electrons. The van der Waals surface area contributed by atoms with Crippen LogP contribution in [0.2, 0.25) is 0 Å². The van der Waals surface area contributed by atoms with Gasteiger partial charge in [0.15, 0.2) is 0 Å². The van der Waals surface area contributed by atoms with Crippen molar-refractivity contribution < 1.29 is 13.9 Å². The molecule has 2 rings (SSSR count). The van der Waals surface area contributed by atoms with Crippen LogP contribution in [0.25, 0.3) is 0 Å². The average Bonchev–Trinajstić information content (AvgIpc) is 2.73. The molecule has 0 spiro atoms. The highest BCUT2D eigenvalue weighted by Crippen LogP contribution is 2.35. The van der Waals surface area contributed by atoms with Crippen LogP contribution in [0.15, 0.2) is 22.7 Å². The van der Waals surface area contributed by atoms with E-state index in [1.54, 1.807) is 12.1 Å². The molecule has 18 heavy (non-hydrogen) atoms. The molecular formula is C13H15BrFNO2. The molecule has 2 atom stereocenters. The first-order valence-corrected chi connectivity index (χ1v) is 6.53. The summed E-state index contributed by atoms with van der Waals surface area (Å²) in [4.78, 5) is 13.8. The fourth-order valence-electron chi connectivity index (χ4n) is 2.50. The van der Waals surface area contributed by atoms with Gasteiger partial charge in [0.1, 0.15) is 5.82 Å². The fourth-order valence-corrected chi connectivity index (χ4v) is 2.88. The van der Waals surface area contributed by atoms with E-state index in [1.807, 2.05) is 11.9 Å². The highest BCUT2D eigenvalue weighted by molar-refractivity contribution is 9.10. The molecule has 0 aromatic heterocycles. The Hall–Kier alpha value is -0.940. The topological polar surface area (TPSA) is 29.5 Å². The Morgan fingerprint density at radius 1 is 1.50 bits per heavy atom. The third-order valence-electron chi connectivity index (χ3n) is 3.36. The number of benzene rings is 1. The van der Waals surface area contributed by atoms with Crippen LogP contribution < -0.4 is 0 Å². The number of methoxy groups -OCH3 is 1. The van der Waals surface area contributed by atoms with Gasteiger partial charge in [0.05, 0.1) is 13.0 Å². The minimum Gasteiger partial charge on any atom is -0.469 e. The zero-order chi connectivity index (χ0) is 13.3. The lowest BCUT2D eigenvalue weighted by molar-refractivity contribution is -0.145. The van der Waals surface area contributed by atoms with Gasteiger partial charge in [-0.3, -0.25) is 4.79 Å². The largest absolute Gasteiger partial charge is 0.469 e. The molecule has 1 fully saturated rings. The van der Waals surface area contributed by atoms with Crippen molar-refractivity contribution in [2.24, 2.45) is 5.92 Å². The van der Waals surface area contributed by atoms with Crippen molar-refractivity contribution in [3.63, 3.8) is 0 Å². The Bertz CT molecular complexity index is 466. The van der Waals surface area contributed by atoms with E-state index in [9.17, 15) is 9.18 Å². The number of rotatable bonds is 2. The maximum absolute atomic E-state index is 13.9. The van der Waals surface area contributed by atoms with Crippen LogP contribution in [-0.2, 0) is 9.53 Å². The summed E-state index contributed by atoms with van der Waals surface area (Å²) in [6.45, 7) is 1.26. The lowest BCUT2D eigenvalue weighted by Gasteiger charge is -2.17. The number of hydrogen-bond donors (Lipinski definition) is 0. The number of esters is 1. The molecule has 1 heterocycles. The summed E-state index contributed by atoms with van der Waals surface area (Å²) >= 11 is 3.34. The van der Waals surface area contributed by atoms with Crippen molar-refractivity contribution in [3.05, 3.63) is 34.1 Å². The number of carbonyl (C=O) groups excluding carboxylic acids is 1. The van der Waals surface area contributed by atoms with Crippen molar-refractivity contribution in [1.29, 1.82) is 0 Å². The number of likely N-dealkylation sites (N-methyl/N-ethyl adjacent to an activating group) is 1. The van der Waals surface area contributed by atoms with E-state index >= 15 is 0 Å². The molecule has 1 aromatic carbocycles. The second-order valence-electron chi connectivity index (χ2n) is 4.62. The van der Waals surface area contributed by atoms with E-state index in [4.69, 9.17) is 4.74 Å². The molecule has 0 saturated carbocycles. The van der Waals surface area contributed by atoms with Gasteiger partial charge in [-0.2, -0.15) is 0 Å². The quantitative estimate of drug-likeness (QED) is 0.785. The summed E-state index contributed by atoms with van der Waals surface area (Å²) < 4.78 is 19.5. The molecule has 0 N–H and O–H groups in total. The van der Waals surface area contributed by atoms with Gasteiger partial charge in [0.25, 0.3) is 0 Å². The number of nitrogens with zero attached hydrogens (tertiary/aromatic N) is 1. The maximum atomic E-state index is 13.9. The van der Waals surface area contributed by atoms with Crippen molar-refractivity contribution in [1.82, 2.24) is 4.90 Å². The van der Waals surface area contributed by atoms with Gasteiger partial charge in [-0.15, -0.1) is 0 Å². The highest BCUT2D eigenvalue weighted by atomic mass is 79.9. The first kappa shape index (κ1) is 13.5. The van der Waals surface area contributed by atoms with Gasteiger partial charge in [-0.05, 0) is 30.8 Å². The summed E-state index contributed by atoms with van der Waals surface area (Å²) in [6, 6.07) is 4.83. The fraction of sp³-hybridized carbons (Fsp3) is 0.462. The van der Waals surface area contributed by atoms with Crippen LogP contribution in [0.5, 0.6) is 0 Å². The average molecular weight is 316 g/mol. The van der Waals surface area contributed by atoms with E-state index in [-0.39, 0.29) is 23.6 Å². The zero-order valence-corrected chi connectivity index (χ0v) is 11.9. The number of halogens is 2. The molecule has 0 radical (unpaired) electrons. The Kier molecular flexibility index (Phi) is 4.02. The Morgan fingerprint density at radius 2 is 2.22 bits per heavy atom. The normalized spacial score (nSPS) is 24.2. The zero-order valence-electron chi connectivity index (χ0n) is 10.3. The summed E-state index contributed by atoms with van der Waals surface area (Å²) in [5.41, 5.74) is 0.573. The molecule has 0 amide bonds. The van der Waals surface area contributed by atoms with Gasteiger partial charge in [0, 0.05) is 23.5 Å². The summed E-state index contributed by atoms with van der Waals surface area (Å²) in [5.74, 6) is -1.00. The van der Waals surface area contributed by atoms with Crippen LogP contribution in [-0.4, -0.2) is 38.1 Å². The maximum Gasteiger partial charge on any atom is 0.310 e. The Balaban J connectivity index is 2.35. The van der Waals surface area contributed by atoms with E-state index in [1.165, 1.54) is 13.2 Å². The van der Waals surface area contributed by atoms with Crippen LogP contribution in [0.4, 0.5) is 4.39 Å². The first-order valence-electron chi connectivity index (χ1n) is 5.74. The van der Waals surface area contributed by atoms with E-state index in [2.05, 4.69) is 15.9 Å². The van der Waals surface area contributed by atoms with Crippen LogP contribution in [0.3, 0.4) is 0 Å². The standard InChI is InChI=1S/C13H15BrFNO2/c1-16-6-10(11(7-16)13(17)18-2)9-5-8(14)3-4-12(9)15/h3-5,10-11H,6-7H2,1-2H3. The molecule has 1 saturated heterocycles. The molecule has 0 aliphatic carbocycles. The molecule has 5 heteroatoms. The SMILES string of the molecule is COC(=O)C1CN(C)CC1c1cc(Br)ccc1F. The van der Waals surface area contributed by atoms with E-state index < -0.39 is 0 Å². The molecule has 3 nitrogen and oxygen atoms in total. The van der Waals surface area contributed by atoms with Gasteiger partial charge >= 0.3 is 5.97 Å². The first-order chi connectivity index (χ1) is 8.52. The second-order valence-corrected chi connectivity index (χ2v) is 5.54. The predicted molar refractivity (Wildman–Crippen MR) is 69.8 cm³/mol. The lowest BCUT2D eigenvalue weighted by atomic mass is 9.88. The van der Waals surface area contributed by atoms with Crippen LogP contribution in [0, 0.1) is 11.7 Å². The summed E-state index contributed by atoms with van der Waals surface area (Å²) in [5, 5.41) is 0. The van der Waals surface area contributed by atoms with Crippen molar-refractivity contribution in [2.75, 3.05) is 27.2 Å². The Labute approximate surface area is 114 Å². The monoisotopic (exact) mass is 315 g/mol. The molecule has 0 bridgehead atoms. The van der Waals surface area contributed by atoms with Gasteiger partial charge in [0.2, 0.25) is 0 Å². The number of likely N-dealkylation sites (tertiary alicyclic amines) is 1. The van der Waals surface area contributed by atoms with Crippen molar-refractivity contribution >= 4 is 21.9 Å². The van der Waals surface area contributed by atoms with Gasteiger partial charge in [-0.1, -0.05) is 15.9 Å². The smallest absolute Gasteiger partial charge is 0.310 e. The highest BCUT2D eigenvalue weighted by Gasteiger charge is 2.39. The second kappa shape index (κ2) is 5.36. The molecule has 1 aromatic rings. The lowest BCUT2D eigenvalue weighted by Crippen LogP contribution is -2.23. The third-order valence-corrected chi connectivity index (χ3v) is 3.86. The third kappa shape index (κ3) is 2.57.